The lowest BCUT2D eigenvalue weighted by Crippen LogP contribution is -2.22. The fourth-order valence-corrected chi connectivity index (χ4v) is 2.32. The molecule has 0 saturated heterocycles. The van der Waals surface area contributed by atoms with Crippen molar-refractivity contribution in [2.45, 2.75) is 44.0 Å². The third-order valence-corrected chi connectivity index (χ3v) is 4.12. The summed E-state index contributed by atoms with van der Waals surface area (Å²) < 4.78 is 10.5. The van der Waals surface area contributed by atoms with Crippen LogP contribution in [0.3, 0.4) is 0 Å². The van der Waals surface area contributed by atoms with Gasteiger partial charge in [0.1, 0.15) is 0 Å². The van der Waals surface area contributed by atoms with Gasteiger partial charge in [-0.1, -0.05) is 55.7 Å². The van der Waals surface area contributed by atoms with E-state index in [9.17, 15) is 4.57 Å². The van der Waals surface area contributed by atoms with Gasteiger partial charge in [0.15, 0.2) is 5.85 Å². The molecule has 1 fully saturated rings. The first-order valence-electron chi connectivity index (χ1n) is 7.11. The van der Waals surface area contributed by atoms with E-state index in [1.54, 1.807) is 24.3 Å². The highest BCUT2D eigenvalue weighted by Crippen LogP contribution is 2.40. The summed E-state index contributed by atoms with van der Waals surface area (Å²) in [6.07, 6.45) is 9.20. The first-order valence-corrected chi connectivity index (χ1v) is 8.80. The van der Waals surface area contributed by atoms with Crippen LogP contribution in [-0.2, 0) is 4.57 Å². The highest BCUT2D eigenvalue weighted by atomic mass is 31.2. The fraction of sp³-hybridized carbons (Fsp3) is 0.467. The Morgan fingerprint density at radius 2 is 1.71 bits per heavy atom. The van der Waals surface area contributed by atoms with Crippen molar-refractivity contribution in [2.75, 3.05) is 0 Å². The van der Waals surface area contributed by atoms with Crippen molar-refractivity contribution < 1.29 is 19.5 Å². The van der Waals surface area contributed by atoms with Gasteiger partial charge in [0, 0.05) is 6.04 Å². The molecule has 1 aliphatic rings. The second-order valence-corrected chi connectivity index (χ2v) is 6.88. The van der Waals surface area contributed by atoms with Gasteiger partial charge >= 0.3 is 7.60 Å². The van der Waals surface area contributed by atoms with Gasteiger partial charge in [0.25, 0.3) is 0 Å². The Morgan fingerprint density at radius 3 is 2.14 bits per heavy atom. The van der Waals surface area contributed by atoms with E-state index in [1.807, 2.05) is 6.07 Å². The summed E-state index contributed by atoms with van der Waals surface area (Å²) in [7, 11) is -4.42. The third kappa shape index (κ3) is 8.15. The Bertz CT molecular complexity index is 466. The van der Waals surface area contributed by atoms with Gasteiger partial charge in [-0.15, -0.1) is 0 Å². The Kier molecular flexibility index (Phi) is 7.86. The molecule has 118 valence electrons. The molecular formula is C15H24NO4P. The summed E-state index contributed by atoms with van der Waals surface area (Å²) in [6.45, 7) is 0. The summed E-state index contributed by atoms with van der Waals surface area (Å²) in [6, 6.07) is 9.49. The summed E-state index contributed by atoms with van der Waals surface area (Å²) >= 11 is 0. The molecule has 0 aliphatic heterocycles. The number of rotatable bonds is 3. The van der Waals surface area contributed by atoms with E-state index < -0.39 is 13.4 Å². The molecular weight excluding hydrogens is 289 g/mol. The van der Waals surface area contributed by atoms with E-state index in [2.05, 4.69) is 0 Å². The summed E-state index contributed by atoms with van der Waals surface area (Å²) in [4.78, 5) is 17.1. The molecule has 0 bridgehead atoms. The van der Waals surface area contributed by atoms with Crippen molar-refractivity contribution in [3.63, 3.8) is 0 Å². The number of aliphatic hydroxyl groups excluding tert-OH is 1. The van der Waals surface area contributed by atoms with Gasteiger partial charge in [0.05, 0.1) is 0 Å². The highest BCUT2D eigenvalue weighted by molar-refractivity contribution is 7.52. The lowest BCUT2D eigenvalue weighted by molar-refractivity contribution is 0.239. The van der Waals surface area contributed by atoms with Gasteiger partial charge in [-0.2, -0.15) is 0 Å². The van der Waals surface area contributed by atoms with Gasteiger partial charge in [-0.05, 0) is 24.5 Å². The minimum atomic E-state index is -4.42. The monoisotopic (exact) mass is 313 g/mol. The molecule has 5 N–H and O–H groups in total. The Hall–Kier alpha value is -0.970. The van der Waals surface area contributed by atoms with Crippen LogP contribution in [-0.4, -0.2) is 26.8 Å². The van der Waals surface area contributed by atoms with Crippen LogP contribution in [0.25, 0.3) is 6.08 Å². The molecule has 0 aromatic heterocycles. The van der Waals surface area contributed by atoms with Crippen LogP contribution in [0.15, 0.2) is 36.4 Å². The van der Waals surface area contributed by atoms with Crippen molar-refractivity contribution in [3.8, 4) is 0 Å². The Labute approximate surface area is 125 Å². The van der Waals surface area contributed by atoms with Crippen LogP contribution in [0.1, 0.15) is 37.7 Å². The molecule has 0 amide bonds. The van der Waals surface area contributed by atoms with E-state index in [0.717, 1.165) is 11.6 Å². The van der Waals surface area contributed by atoms with Crippen molar-refractivity contribution >= 4 is 13.7 Å². The molecule has 6 heteroatoms. The van der Waals surface area contributed by atoms with E-state index in [-0.39, 0.29) is 0 Å². The minimum absolute atomic E-state index is 0.536. The van der Waals surface area contributed by atoms with Crippen molar-refractivity contribution in [1.82, 2.24) is 0 Å². The van der Waals surface area contributed by atoms with E-state index in [0.29, 0.717) is 6.04 Å². The second-order valence-electron chi connectivity index (χ2n) is 5.17. The van der Waals surface area contributed by atoms with Gasteiger partial charge in [0.2, 0.25) is 0 Å². The fourth-order valence-electron chi connectivity index (χ4n) is 2.01. The molecule has 0 radical (unpaired) electrons. The number of aliphatic hydroxyl groups is 1. The molecule has 1 aromatic rings. The maximum Gasteiger partial charge on any atom is 0.357 e. The maximum absolute atomic E-state index is 10.5. The summed E-state index contributed by atoms with van der Waals surface area (Å²) in [5, 5.41) is 9.00. The zero-order chi connectivity index (χ0) is 15.7. The molecule has 0 heterocycles. The molecule has 21 heavy (non-hydrogen) atoms. The quantitative estimate of drug-likeness (QED) is 0.642. The smallest absolute Gasteiger partial charge is 0.357 e. The zero-order valence-electron chi connectivity index (χ0n) is 12.0. The highest BCUT2D eigenvalue weighted by Gasteiger charge is 2.22. The SMILES string of the molecule is NC1CCCCC1.O=P(O)(O)C(O)C=Cc1ccccc1. The lowest BCUT2D eigenvalue weighted by Gasteiger charge is -2.15. The molecule has 1 saturated carbocycles. The van der Waals surface area contributed by atoms with Gasteiger partial charge in [-0.3, -0.25) is 4.57 Å². The van der Waals surface area contributed by atoms with Gasteiger partial charge < -0.3 is 20.6 Å². The number of benzene rings is 1. The minimum Gasteiger partial charge on any atom is -0.377 e. The van der Waals surface area contributed by atoms with Crippen LogP contribution < -0.4 is 5.73 Å². The third-order valence-electron chi connectivity index (χ3n) is 3.25. The zero-order valence-corrected chi connectivity index (χ0v) is 12.9. The van der Waals surface area contributed by atoms with Crippen LogP contribution in [0, 0.1) is 0 Å². The van der Waals surface area contributed by atoms with E-state index >= 15 is 0 Å². The number of nitrogens with two attached hydrogens (primary N) is 1. The van der Waals surface area contributed by atoms with E-state index in [1.165, 1.54) is 38.2 Å². The standard InChI is InChI=1S/C9H11O4P.C6H13N/c10-9(14(11,12)13)7-6-8-4-2-1-3-5-8;7-6-4-2-1-3-5-6/h1-7,9-10H,(H2,11,12,13);6H,1-5,7H2. The Morgan fingerprint density at radius 1 is 1.14 bits per heavy atom. The molecule has 5 nitrogen and oxygen atoms in total. The lowest BCUT2D eigenvalue weighted by atomic mass is 9.97. The van der Waals surface area contributed by atoms with Crippen LogP contribution in [0.2, 0.25) is 0 Å². The molecule has 1 aliphatic carbocycles. The number of hydrogen-bond acceptors (Lipinski definition) is 3. The average Bonchev–Trinajstić information content (AvgIpc) is 2.46. The molecule has 2 rings (SSSR count). The van der Waals surface area contributed by atoms with Crippen molar-refractivity contribution in [1.29, 1.82) is 0 Å². The average molecular weight is 313 g/mol. The first kappa shape index (κ1) is 18.1. The Balaban J connectivity index is 0.000000262. The predicted octanol–water partition coefficient (Wildman–Crippen LogP) is 2.47. The van der Waals surface area contributed by atoms with Crippen LogP contribution in [0.4, 0.5) is 0 Å². The van der Waals surface area contributed by atoms with Crippen LogP contribution >= 0.6 is 7.60 Å². The first-order chi connectivity index (χ1) is 9.89. The topological polar surface area (TPSA) is 104 Å². The summed E-state index contributed by atoms with van der Waals surface area (Å²) in [5.74, 6) is -1.73. The van der Waals surface area contributed by atoms with Crippen LogP contribution in [0.5, 0.6) is 0 Å². The van der Waals surface area contributed by atoms with Gasteiger partial charge in [-0.25, -0.2) is 0 Å². The predicted molar refractivity (Wildman–Crippen MR) is 84.6 cm³/mol. The largest absolute Gasteiger partial charge is 0.377 e. The molecule has 1 aromatic carbocycles. The number of hydrogen-bond donors (Lipinski definition) is 4. The molecule has 0 spiro atoms. The second kappa shape index (κ2) is 9.13. The maximum atomic E-state index is 10.5. The normalized spacial score (nSPS) is 18.1. The summed E-state index contributed by atoms with van der Waals surface area (Å²) in [5.41, 5.74) is 6.41. The van der Waals surface area contributed by atoms with Crippen molar-refractivity contribution in [2.24, 2.45) is 5.73 Å². The van der Waals surface area contributed by atoms with E-state index in [4.69, 9.17) is 20.6 Å². The molecule has 1 atom stereocenters. The van der Waals surface area contributed by atoms with Crippen molar-refractivity contribution in [3.05, 3.63) is 42.0 Å². The molecule has 1 unspecified atom stereocenters.